The highest BCUT2D eigenvalue weighted by Gasteiger charge is 2.22. The van der Waals surface area contributed by atoms with E-state index in [0.29, 0.717) is 6.61 Å². The highest BCUT2D eigenvalue weighted by Crippen LogP contribution is 2.44. The molecule has 0 aliphatic heterocycles. The molecule has 4 nitrogen and oxygen atoms in total. The lowest BCUT2D eigenvalue weighted by atomic mass is 9.97. The number of methoxy groups -OCH3 is 3. The van der Waals surface area contributed by atoms with Crippen molar-refractivity contribution in [1.82, 2.24) is 0 Å². The number of ether oxygens (including phenoxy) is 4. The first-order valence-corrected chi connectivity index (χ1v) is 6.89. The van der Waals surface area contributed by atoms with Gasteiger partial charge in [0.05, 0.1) is 34.0 Å². The minimum atomic E-state index is 0.154. The Morgan fingerprint density at radius 1 is 0.900 bits per heavy atom. The molecule has 1 aromatic rings. The molecule has 1 aromatic carbocycles. The van der Waals surface area contributed by atoms with Gasteiger partial charge in [-0.2, -0.15) is 0 Å². The van der Waals surface area contributed by atoms with Crippen molar-refractivity contribution in [3.63, 3.8) is 0 Å². The fourth-order valence-corrected chi connectivity index (χ4v) is 2.19. The summed E-state index contributed by atoms with van der Waals surface area (Å²) in [6.45, 7) is 8.67. The van der Waals surface area contributed by atoms with E-state index < -0.39 is 0 Å². The molecule has 0 N–H and O–H groups in total. The van der Waals surface area contributed by atoms with Gasteiger partial charge in [-0.15, -0.1) is 0 Å². The van der Waals surface area contributed by atoms with Crippen LogP contribution in [-0.2, 0) is 11.3 Å². The van der Waals surface area contributed by atoms with Gasteiger partial charge in [0.15, 0.2) is 11.5 Å². The van der Waals surface area contributed by atoms with E-state index >= 15 is 0 Å². The third-order valence-corrected chi connectivity index (χ3v) is 3.09. The molecule has 0 unspecified atom stereocenters. The summed E-state index contributed by atoms with van der Waals surface area (Å²) < 4.78 is 22.3. The van der Waals surface area contributed by atoms with E-state index in [2.05, 4.69) is 13.8 Å². The van der Waals surface area contributed by atoms with Crippen molar-refractivity contribution >= 4 is 0 Å². The number of benzene rings is 1. The molecule has 0 fully saturated rings. The summed E-state index contributed by atoms with van der Waals surface area (Å²) in [6.07, 6.45) is 0.154. The summed E-state index contributed by atoms with van der Waals surface area (Å²) in [7, 11) is 4.96. The molecule has 20 heavy (non-hydrogen) atoms. The van der Waals surface area contributed by atoms with Gasteiger partial charge in [-0.3, -0.25) is 0 Å². The maximum atomic E-state index is 5.68. The maximum Gasteiger partial charge on any atom is 0.168 e. The monoisotopic (exact) mass is 282 g/mol. The van der Waals surface area contributed by atoms with Gasteiger partial charge in [0.1, 0.15) is 5.75 Å². The van der Waals surface area contributed by atoms with E-state index in [4.69, 9.17) is 18.9 Å². The SMILES string of the molecule is COc1cc(COC(C)C)c(OC)c(OC)c1C(C)C. The van der Waals surface area contributed by atoms with Gasteiger partial charge >= 0.3 is 0 Å². The standard InChI is InChI=1S/C16H26O4/c1-10(2)14-13(17-5)8-12(9-20-11(3)4)15(18-6)16(14)19-7/h8,10-11H,9H2,1-7H3. The van der Waals surface area contributed by atoms with Crippen LogP contribution in [0.1, 0.15) is 44.7 Å². The Hall–Kier alpha value is -1.42. The molecular formula is C16H26O4. The molecule has 0 saturated heterocycles. The summed E-state index contributed by atoms with van der Waals surface area (Å²) in [5.74, 6) is 2.52. The van der Waals surface area contributed by atoms with Crippen molar-refractivity contribution in [3.05, 3.63) is 17.2 Å². The Morgan fingerprint density at radius 2 is 1.50 bits per heavy atom. The Bertz CT molecular complexity index is 439. The minimum Gasteiger partial charge on any atom is -0.496 e. The van der Waals surface area contributed by atoms with Crippen molar-refractivity contribution in [2.75, 3.05) is 21.3 Å². The number of hydrogen-bond acceptors (Lipinski definition) is 4. The van der Waals surface area contributed by atoms with Crippen molar-refractivity contribution in [1.29, 1.82) is 0 Å². The van der Waals surface area contributed by atoms with Gasteiger partial charge in [-0.25, -0.2) is 0 Å². The largest absolute Gasteiger partial charge is 0.496 e. The van der Waals surface area contributed by atoms with Crippen molar-refractivity contribution in [2.24, 2.45) is 0 Å². The van der Waals surface area contributed by atoms with E-state index in [-0.39, 0.29) is 12.0 Å². The van der Waals surface area contributed by atoms with Crippen LogP contribution in [0.25, 0.3) is 0 Å². The fraction of sp³-hybridized carbons (Fsp3) is 0.625. The summed E-state index contributed by atoms with van der Waals surface area (Å²) >= 11 is 0. The van der Waals surface area contributed by atoms with Gasteiger partial charge in [0.2, 0.25) is 0 Å². The van der Waals surface area contributed by atoms with Crippen LogP contribution in [-0.4, -0.2) is 27.4 Å². The van der Waals surface area contributed by atoms with Crippen molar-refractivity contribution in [2.45, 2.75) is 46.3 Å². The average molecular weight is 282 g/mol. The van der Waals surface area contributed by atoms with Gasteiger partial charge < -0.3 is 18.9 Å². The van der Waals surface area contributed by atoms with Crippen LogP contribution in [0, 0.1) is 0 Å². The lowest BCUT2D eigenvalue weighted by Gasteiger charge is -2.22. The van der Waals surface area contributed by atoms with E-state index in [1.165, 1.54) is 0 Å². The van der Waals surface area contributed by atoms with E-state index in [9.17, 15) is 0 Å². The molecule has 0 aromatic heterocycles. The Kier molecular flexibility index (Phi) is 6.14. The molecular weight excluding hydrogens is 256 g/mol. The molecule has 4 heteroatoms. The summed E-state index contributed by atoms with van der Waals surface area (Å²) in [4.78, 5) is 0. The average Bonchev–Trinajstić information content (AvgIpc) is 2.42. The normalized spacial score (nSPS) is 11.1. The van der Waals surface area contributed by atoms with E-state index in [1.54, 1.807) is 21.3 Å². The fourth-order valence-electron chi connectivity index (χ4n) is 2.19. The molecule has 0 atom stereocenters. The second kappa shape index (κ2) is 7.39. The molecule has 0 bridgehead atoms. The van der Waals surface area contributed by atoms with Crippen LogP contribution in [0.4, 0.5) is 0 Å². The Morgan fingerprint density at radius 3 is 1.90 bits per heavy atom. The zero-order chi connectivity index (χ0) is 15.3. The van der Waals surface area contributed by atoms with Gasteiger partial charge in [0, 0.05) is 11.1 Å². The molecule has 0 radical (unpaired) electrons. The lowest BCUT2D eigenvalue weighted by Crippen LogP contribution is -2.07. The maximum absolute atomic E-state index is 5.68. The molecule has 0 heterocycles. The molecule has 0 saturated carbocycles. The molecule has 0 spiro atoms. The number of hydrogen-bond donors (Lipinski definition) is 0. The van der Waals surface area contributed by atoms with E-state index in [0.717, 1.165) is 28.4 Å². The molecule has 0 aliphatic carbocycles. The third-order valence-electron chi connectivity index (χ3n) is 3.09. The zero-order valence-electron chi connectivity index (χ0n) is 13.6. The smallest absolute Gasteiger partial charge is 0.168 e. The first-order chi connectivity index (χ1) is 9.46. The Labute approximate surface area is 122 Å². The van der Waals surface area contributed by atoms with Crippen LogP contribution >= 0.6 is 0 Å². The van der Waals surface area contributed by atoms with Crippen LogP contribution < -0.4 is 14.2 Å². The third kappa shape index (κ3) is 3.57. The molecule has 0 amide bonds. The molecule has 114 valence electrons. The van der Waals surface area contributed by atoms with Gasteiger partial charge in [-0.05, 0) is 25.8 Å². The van der Waals surface area contributed by atoms with Crippen molar-refractivity contribution in [3.8, 4) is 17.2 Å². The summed E-state index contributed by atoms with van der Waals surface area (Å²) in [5.41, 5.74) is 1.94. The van der Waals surface area contributed by atoms with Crippen LogP contribution in [0.5, 0.6) is 17.2 Å². The van der Waals surface area contributed by atoms with Crippen LogP contribution in [0.2, 0.25) is 0 Å². The number of rotatable bonds is 7. The van der Waals surface area contributed by atoms with E-state index in [1.807, 2.05) is 19.9 Å². The summed E-state index contributed by atoms with van der Waals surface area (Å²) in [5, 5.41) is 0. The second-order valence-electron chi connectivity index (χ2n) is 5.23. The first kappa shape index (κ1) is 16.6. The van der Waals surface area contributed by atoms with Crippen LogP contribution in [0.3, 0.4) is 0 Å². The lowest BCUT2D eigenvalue weighted by molar-refractivity contribution is 0.0640. The van der Waals surface area contributed by atoms with Gasteiger partial charge in [-0.1, -0.05) is 13.8 Å². The quantitative estimate of drug-likeness (QED) is 0.763. The highest BCUT2D eigenvalue weighted by molar-refractivity contribution is 5.59. The molecule has 0 aliphatic rings. The Balaban J connectivity index is 3.38. The summed E-state index contributed by atoms with van der Waals surface area (Å²) in [6, 6.07) is 1.97. The zero-order valence-corrected chi connectivity index (χ0v) is 13.6. The van der Waals surface area contributed by atoms with Gasteiger partial charge in [0.25, 0.3) is 0 Å². The van der Waals surface area contributed by atoms with Crippen molar-refractivity contribution < 1.29 is 18.9 Å². The van der Waals surface area contributed by atoms with Crippen LogP contribution in [0.15, 0.2) is 6.07 Å². The second-order valence-corrected chi connectivity index (χ2v) is 5.23. The highest BCUT2D eigenvalue weighted by atomic mass is 16.5. The predicted octanol–water partition coefficient (Wildman–Crippen LogP) is 3.76. The first-order valence-electron chi connectivity index (χ1n) is 6.89. The predicted molar refractivity (Wildman–Crippen MR) is 80.1 cm³/mol. The topological polar surface area (TPSA) is 36.9 Å². The minimum absolute atomic E-state index is 0.154. The molecule has 1 rings (SSSR count).